The number of halogens is 1. The first-order valence-electron chi connectivity index (χ1n) is 6.86. The Bertz CT molecular complexity index is 955. The highest BCUT2D eigenvalue weighted by Gasteiger charge is 2.11. The predicted octanol–water partition coefficient (Wildman–Crippen LogP) is 4.60. The van der Waals surface area contributed by atoms with Gasteiger partial charge in [0.15, 0.2) is 0 Å². The topological polar surface area (TPSA) is 17.3 Å². The van der Waals surface area contributed by atoms with Crippen LogP contribution in [0, 0.1) is 12.7 Å². The van der Waals surface area contributed by atoms with E-state index in [9.17, 15) is 4.39 Å². The van der Waals surface area contributed by atoms with Crippen molar-refractivity contribution >= 4 is 16.3 Å². The molecule has 0 aliphatic rings. The predicted molar refractivity (Wildman–Crippen MR) is 82.8 cm³/mol. The van der Waals surface area contributed by atoms with Crippen molar-refractivity contribution in [2.24, 2.45) is 0 Å². The monoisotopic (exact) mass is 276 g/mol. The van der Waals surface area contributed by atoms with Crippen LogP contribution in [0.25, 0.3) is 27.5 Å². The van der Waals surface area contributed by atoms with Gasteiger partial charge < -0.3 is 0 Å². The van der Waals surface area contributed by atoms with Crippen LogP contribution >= 0.6 is 0 Å². The van der Waals surface area contributed by atoms with Crippen LogP contribution in [0.15, 0.2) is 60.7 Å². The van der Waals surface area contributed by atoms with E-state index in [1.54, 1.807) is 6.07 Å². The summed E-state index contributed by atoms with van der Waals surface area (Å²) in [6.45, 7) is 1.95. The van der Waals surface area contributed by atoms with E-state index in [1.165, 1.54) is 6.07 Å². The van der Waals surface area contributed by atoms with Crippen molar-refractivity contribution in [3.63, 3.8) is 0 Å². The molecule has 0 aliphatic heterocycles. The number of hydrogen-bond donors (Lipinski definition) is 0. The minimum atomic E-state index is -0.226. The van der Waals surface area contributed by atoms with E-state index in [4.69, 9.17) is 0 Å². The number of aromatic nitrogens is 2. The van der Waals surface area contributed by atoms with Crippen molar-refractivity contribution in [3.8, 4) is 11.3 Å². The van der Waals surface area contributed by atoms with Crippen molar-refractivity contribution in [2.45, 2.75) is 6.92 Å². The second-order valence-corrected chi connectivity index (χ2v) is 5.21. The zero-order valence-corrected chi connectivity index (χ0v) is 11.5. The average Bonchev–Trinajstić information content (AvgIpc) is 2.89. The van der Waals surface area contributed by atoms with Gasteiger partial charge in [-0.3, -0.25) is 0 Å². The standard InChI is InChI=1S/C18H13FN2/c1-12-9-18-16-11-15(19)8-7-14(16)10-17(21(18)20-12)13-5-3-2-4-6-13/h2-11H,1H3. The molecule has 0 radical (unpaired) electrons. The van der Waals surface area contributed by atoms with Crippen LogP contribution in [0.3, 0.4) is 0 Å². The van der Waals surface area contributed by atoms with Gasteiger partial charge in [0.2, 0.25) is 0 Å². The molecule has 0 saturated heterocycles. The van der Waals surface area contributed by atoms with Gasteiger partial charge in [0.1, 0.15) is 5.82 Å². The summed E-state index contributed by atoms with van der Waals surface area (Å²) in [6.07, 6.45) is 0. The van der Waals surface area contributed by atoms with Crippen molar-refractivity contribution < 1.29 is 4.39 Å². The van der Waals surface area contributed by atoms with Gasteiger partial charge in [-0.25, -0.2) is 8.91 Å². The molecule has 4 rings (SSSR count). The summed E-state index contributed by atoms with van der Waals surface area (Å²) in [4.78, 5) is 0. The maximum absolute atomic E-state index is 13.6. The summed E-state index contributed by atoms with van der Waals surface area (Å²) in [5, 5.41) is 6.46. The molecule has 0 unspecified atom stereocenters. The molecule has 21 heavy (non-hydrogen) atoms. The Morgan fingerprint density at radius 1 is 0.952 bits per heavy atom. The summed E-state index contributed by atoms with van der Waals surface area (Å²) in [7, 11) is 0. The largest absolute Gasteiger partial charge is 0.232 e. The van der Waals surface area contributed by atoms with Crippen LogP contribution < -0.4 is 0 Å². The Morgan fingerprint density at radius 3 is 2.57 bits per heavy atom. The molecule has 0 aliphatic carbocycles. The smallest absolute Gasteiger partial charge is 0.123 e. The van der Waals surface area contributed by atoms with Crippen LogP contribution in [-0.4, -0.2) is 9.61 Å². The van der Waals surface area contributed by atoms with Gasteiger partial charge in [-0.15, -0.1) is 0 Å². The Hall–Kier alpha value is -2.68. The highest BCUT2D eigenvalue weighted by Crippen LogP contribution is 2.29. The van der Waals surface area contributed by atoms with Gasteiger partial charge >= 0.3 is 0 Å². The Kier molecular flexibility index (Phi) is 2.54. The summed E-state index contributed by atoms with van der Waals surface area (Å²) >= 11 is 0. The molecule has 0 spiro atoms. The summed E-state index contributed by atoms with van der Waals surface area (Å²) in [5.41, 5.74) is 3.96. The molecular weight excluding hydrogens is 263 g/mol. The number of fused-ring (bicyclic) bond motifs is 3. The second-order valence-electron chi connectivity index (χ2n) is 5.21. The quantitative estimate of drug-likeness (QED) is 0.496. The van der Waals surface area contributed by atoms with E-state index in [1.807, 2.05) is 41.8 Å². The summed E-state index contributed by atoms with van der Waals surface area (Å²) in [5.74, 6) is -0.226. The number of benzene rings is 2. The second kappa shape index (κ2) is 4.42. The molecule has 2 aromatic carbocycles. The molecule has 0 saturated carbocycles. The first-order chi connectivity index (χ1) is 10.2. The van der Waals surface area contributed by atoms with E-state index in [0.29, 0.717) is 0 Å². The van der Waals surface area contributed by atoms with Gasteiger partial charge in [-0.05, 0) is 36.6 Å². The van der Waals surface area contributed by atoms with Gasteiger partial charge in [0.05, 0.1) is 16.9 Å². The first-order valence-corrected chi connectivity index (χ1v) is 6.86. The van der Waals surface area contributed by atoms with Gasteiger partial charge in [0, 0.05) is 10.9 Å². The molecule has 3 heteroatoms. The van der Waals surface area contributed by atoms with Gasteiger partial charge in [-0.1, -0.05) is 36.4 Å². The molecule has 0 fully saturated rings. The lowest BCUT2D eigenvalue weighted by Crippen LogP contribution is -1.95. The summed E-state index contributed by atoms with van der Waals surface area (Å²) in [6, 6.07) is 19.1. The molecule has 102 valence electrons. The molecule has 2 nitrogen and oxygen atoms in total. The lowest BCUT2D eigenvalue weighted by atomic mass is 10.1. The minimum Gasteiger partial charge on any atom is -0.232 e. The molecule has 2 aromatic heterocycles. The average molecular weight is 276 g/mol. The normalized spacial score (nSPS) is 11.3. The zero-order chi connectivity index (χ0) is 14.4. The molecular formula is C18H13FN2. The third kappa shape index (κ3) is 1.89. The third-order valence-electron chi connectivity index (χ3n) is 3.71. The van der Waals surface area contributed by atoms with Crippen molar-refractivity contribution in [1.29, 1.82) is 0 Å². The maximum atomic E-state index is 13.6. The van der Waals surface area contributed by atoms with Crippen molar-refractivity contribution in [3.05, 3.63) is 72.2 Å². The van der Waals surface area contributed by atoms with Crippen LogP contribution in [0.1, 0.15) is 5.69 Å². The van der Waals surface area contributed by atoms with Crippen molar-refractivity contribution in [1.82, 2.24) is 9.61 Å². The van der Waals surface area contributed by atoms with Crippen LogP contribution in [0.2, 0.25) is 0 Å². The molecule has 2 heterocycles. The number of pyridine rings is 1. The number of aryl methyl sites for hydroxylation is 1. The first kappa shape index (κ1) is 12.1. The lowest BCUT2D eigenvalue weighted by molar-refractivity contribution is 0.630. The fourth-order valence-corrected chi connectivity index (χ4v) is 2.77. The molecule has 0 amide bonds. The molecule has 4 aromatic rings. The Labute approximate surface area is 121 Å². The van der Waals surface area contributed by atoms with E-state index in [2.05, 4.69) is 23.3 Å². The van der Waals surface area contributed by atoms with Crippen LogP contribution in [-0.2, 0) is 0 Å². The highest BCUT2D eigenvalue weighted by atomic mass is 19.1. The Morgan fingerprint density at radius 2 is 1.76 bits per heavy atom. The third-order valence-corrected chi connectivity index (χ3v) is 3.71. The van der Waals surface area contributed by atoms with E-state index >= 15 is 0 Å². The molecule has 0 bridgehead atoms. The summed E-state index contributed by atoms with van der Waals surface area (Å²) < 4.78 is 15.5. The zero-order valence-electron chi connectivity index (χ0n) is 11.5. The van der Waals surface area contributed by atoms with E-state index in [0.717, 1.165) is 33.2 Å². The van der Waals surface area contributed by atoms with Crippen LogP contribution in [0.5, 0.6) is 0 Å². The number of hydrogen-bond acceptors (Lipinski definition) is 1. The van der Waals surface area contributed by atoms with E-state index < -0.39 is 0 Å². The van der Waals surface area contributed by atoms with Gasteiger partial charge in [0.25, 0.3) is 0 Å². The van der Waals surface area contributed by atoms with E-state index in [-0.39, 0.29) is 5.82 Å². The highest BCUT2D eigenvalue weighted by molar-refractivity contribution is 5.98. The van der Waals surface area contributed by atoms with Gasteiger partial charge in [-0.2, -0.15) is 5.10 Å². The fraction of sp³-hybridized carbons (Fsp3) is 0.0556. The lowest BCUT2D eigenvalue weighted by Gasteiger charge is -2.09. The fourth-order valence-electron chi connectivity index (χ4n) is 2.77. The SMILES string of the molecule is Cc1cc2c3cc(F)ccc3cc(-c3ccccc3)n2n1. The number of rotatable bonds is 1. The van der Waals surface area contributed by atoms with Crippen molar-refractivity contribution in [2.75, 3.05) is 0 Å². The van der Waals surface area contributed by atoms with Crippen LogP contribution in [0.4, 0.5) is 4.39 Å². The molecule has 0 atom stereocenters. The minimum absolute atomic E-state index is 0.226. The maximum Gasteiger partial charge on any atom is 0.123 e. The molecule has 0 N–H and O–H groups in total. The Balaban J connectivity index is 2.17. The number of nitrogens with zero attached hydrogens (tertiary/aromatic N) is 2.